The number of hydrogen-bond acceptors (Lipinski definition) is 6. The van der Waals surface area contributed by atoms with Crippen molar-refractivity contribution >= 4 is 50.9 Å². The second-order valence-electron chi connectivity index (χ2n) is 5.97. The quantitative estimate of drug-likeness (QED) is 0.598. The molecule has 7 nitrogen and oxygen atoms in total. The molecule has 1 aliphatic rings. The van der Waals surface area contributed by atoms with Gasteiger partial charge in [-0.25, -0.2) is 4.79 Å². The number of amides is 2. The van der Waals surface area contributed by atoms with Crippen molar-refractivity contribution in [2.75, 3.05) is 13.7 Å². The average Bonchev–Trinajstić information content (AvgIpc) is 2.94. The first-order valence-corrected chi connectivity index (χ1v) is 10.0. The van der Waals surface area contributed by atoms with Gasteiger partial charge in [0, 0.05) is 0 Å². The zero-order valence-electron chi connectivity index (χ0n) is 15.3. The van der Waals surface area contributed by atoms with Crippen molar-refractivity contribution in [3.63, 3.8) is 0 Å². The summed E-state index contributed by atoms with van der Waals surface area (Å²) in [6, 6.07) is 12.5. The molecule has 1 fully saturated rings. The van der Waals surface area contributed by atoms with E-state index in [4.69, 9.17) is 14.6 Å². The molecule has 0 aliphatic carbocycles. The van der Waals surface area contributed by atoms with Gasteiger partial charge >= 0.3 is 5.97 Å². The Balaban J connectivity index is 1.84. The number of aliphatic carboxylic acids is 1. The number of carbonyl (C=O) groups is 3. The van der Waals surface area contributed by atoms with Crippen LogP contribution in [0.2, 0.25) is 0 Å². The molecule has 150 valence electrons. The Morgan fingerprint density at radius 2 is 1.97 bits per heavy atom. The minimum absolute atomic E-state index is 0.206. The number of benzene rings is 2. The summed E-state index contributed by atoms with van der Waals surface area (Å²) in [5.41, 5.74) is 1.46. The molecule has 0 atom stereocenters. The molecule has 0 aromatic heterocycles. The third-order valence-corrected chi connectivity index (χ3v) is 5.44. The molecule has 9 heteroatoms. The SMILES string of the molecule is COc1cc(/C=C2\SC(=O)N(Cc3ccccc3)C2=O)cc(Br)c1OCC(=O)O. The fraction of sp³-hybridized carbons (Fsp3) is 0.150. The normalized spacial score (nSPS) is 15.1. The zero-order valence-corrected chi connectivity index (χ0v) is 17.7. The van der Waals surface area contributed by atoms with Crippen molar-refractivity contribution in [1.82, 2.24) is 4.90 Å². The first-order valence-electron chi connectivity index (χ1n) is 8.40. The molecule has 1 saturated heterocycles. The fourth-order valence-corrected chi connectivity index (χ4v) is 4.06. The molecular formula is C20H16BrNO6S. The number of methoxy groups -OCH3 is 1. The molecule has 1 N–H and O–H groups in total. The topological polar surface area (TPSA) is 93.1 Å². The lowest BCUT2D eigenvalue weighted by molar-refractivity contribution is -0.139. The maximum Gasteiger partial charge on any atom is 0.341 e. The minimum atomic E-state index is -1.12. The van der Waals surface area contributed by atoms with Gasteiger partial charge < -0.3 is 14.6 Å². The summed E-state index contributed by atoms with van der Waals surface area (Å²) >= 11 is 4.19. The molecule has 0 bridgehead atoms. The molecule has 0 saturated carbocycles. The molecule has 29 heavy (non-hydrogen) atoms. The largest absolute Gasteiger partial charge is 0.493 e. The van der Waals surface area contributed by atoms with Gasteiger partial charge in [-0.05, 0) is 57.0 Å². The first kappa shape index (κ1) is 20.9. The van der Waals surface area contributed by atoms with Gasteiger partial charge in [-0.1, -0.05) is 30.3 Å². The molecular weight excluding hydrogens is 462 g/mol. The standard InChI is InChI=1S/C20H16BrNO6S/c1-27-15-8-13(7-14(21)18(15)28-11-17(23)24)9-16-19(25)22(20(26)29-16)10-12-5-3-2-4-6-12/h2-9H,10-11H2,1H3,(H,23,24)/b16-9-. The number of rotatable bonds is 7. The van der Waals surface area contributed by atoms with Crippen LogP contribution in [0.5, 0.6) is 11.5 Å². The Bertz CT molecular complexity index is 992. The molecule has 1 heterocycles. The van der Waals surface area contributed by atoms with E-state index in [2.05, 4.69) is 15.9 Å². The predicted octanol–water partition coefficient (Wildman–Crippen LogP) is 4.16. The lowest BCUT2D eigenvalue weighted by atomic mass is 10.1. The molecule has 0 spiro atoms. The number of carbonyl (C=O) groups excluding carboxylic acids is 2. The molecule has 2 aromatic carbocycles. The lowest BCUT2D eigenvalue weighted by Gasteiger charge is -2.13. The number of thioether (sulfide) groups is 1. The van der Waals surface area contributed by atoms with Gasteiger partial charge in [0.15, 0.2) is 18.1 Å². The Kier molecular flexibility index (Phi) is 6.60. The monoisotopic (exact) mass is 477 g/mol. The zero-order chi connectivity index (χ0) is 21.0. The Morgan fingerprint density at radius 3 is 2.62 bits per heavy atom. The highest BCUT2D eigenvalue weighted by Gasteiger charge is 2.35. The van der Waals surface area contributed by atoms with Crippen LogP contribution < -0.4 is 9.47 Å². The number of imide groups is 1. The van der Waals surface area contributed by atoms with Crippen LogP contribution in [0.25, 0.3) is 6.08 Å². The van der Waals surface area contributed by atoms with Crippen LogP contribution in [0.3, 0.4) is 0 Å². The van der Waals surface area contributed by atoms with Gasteiger partial charge in [-0.15, -0.1) is 0 Å². The van der Waals surface area contributed by atoms with Gasteiger partial charge in [0.1, 0.15) is 0 Å². The predicted molar refractivity (Wildman–Crippen MR) is 112 cm³/mol. The minimum Gasteiger partial charge on any atom is -0.493 e. The third-order valence-electron chi connectivity index (χ3n) is 3.95. The van der Waals surface area contributed by atoms with Gasteiger partial charge in [-0.2, -0.15) is 0 Å². The van der Waals surface area contributed by atoms with Crippen molar-refractivity contribution in [2.45, 2.75) is 6.54 Å². The van der Waals surface area contributed by atoms with Crippen molar-refractivity contribution in [1.29, 1.82) is 0 Å². The van der Waals surface area contributed by atoms with Crippen LogP contribution in [0.4, 0.5) is 4.79 Å². The van der Waals surface area contributed by atoms with E-state index in [0.29, 0.717) is 20.7 Å². The molecule has 2 aromatic rings. The number of carboxylic acid groups (broad SMARTS) is 1. The smallest absolute Gasteiger partial charge is 0.341 e. The second kappa shape index (κ2) is 9.15. The number of halogens is 1. The number of carboxylic acids is 1. The van der Waals surface area contributed by atoms with Gasteiger partial charge in [0.2, 0.25) is 0 Å². The second-order valence-corrected chi connectivity index (χ2v) is 7.82. The molecule has 3 rings (SSSR count). The molecule has 1 aliphatic heterocycles. The molecule has 0 unspecified atom stereocenters. The highest BCUT2D eigenvalue weighted by Crippen LogP contribution is 2.39. The van der Waals surface area contributed by atoms with Crippen LogP contribution in [-0.2, 0) is 16.1 Å². The Morgan fingerprint density at radius 1 is 1.24 bits per heavy atom. The van der Waals surface area contributed by atoms with Crippen molar-refractivity contribution in [2.24, 2.45) is 0 Å². The number of nitrogens with zero attached hydrogens (tertiary/aromatic N) is 1. The van der Waals surface area contributed by atoms with Crippen LogP contribution in [0, 0.1) is 0 Å². The summed E-state index contributed by atoms with van der Waals surface area (Å²) in [5.74, 6) is -0.945. The van der Waals surface area contributed by atoms with E-state index in [9.17, 15) is 14.4 Å². The van der Waals surface area contributed by atoms with E-state index in [1.807, 2.05) is 30.3 Å². The van der Waals surface area contributed by atoms with Gasteiger partial charge in [0.05, 0.1) is 23.0 Å². The first-order chi connectivity index (χ1) is 13.9. The summed E-state index contributed by atoms with van der Waals surface area (Å²) in [6.45, 7) is -0.315. The van der Waals surface area contributed by atoms with Crippen molar-refractivity contribution < 1.29 is 29.0 Å². The van der Waals surface area contributed by atoms with Crippen molar-refractivity contribution in [3.8, 4) is 11.5 Å². The summed E-state index contributed by atoms with van der Waals surface area (Å²) in [6.07, 6.45) is 1.59. The number of hydrogen-bond donors (Lipinski definition) is 1. The Hall–Kier alpha value is -2.78. The Labute approximate surface area is 179 Å². The van der Waals surface area contributed by atoms with E-state index in [-0.39, 0.29) is 23.4 Å². The van der Waals surface area contributed by atoms with Crippen LogP contribution in [-0.4, -0.2) is 40.8 Å². The van der Waals surface area contributed by atoms with E-state index < -0.39 is 12.6 Å². The third kappa shape index (κ3) is 4.99. The van der Waals surface area contributed by atoms with E-state index in [1.165, 1.54) is 12.0 Å². The van der Waals surface area contributed by atoms with Gasteiger partial charge in [-0.3, -0.25) is 14.5 Å². The summed E-state index contributed by atoms with van der Waals surface area (Å²) in [5, 5.41) is 8.46. The van der Waals surface area contributed by atoms with Crippen LogP contribution in [0.1, 0.15) is 11.1 Å². The van der Waals surface area contributed by atoms with E-state index in [1.54, 1.807) is 18.2 Å². The molecule has 0 radical (unpaired) electrons. The molecule has 2 amide bonds. The van der Waals surface area contributed by atoms with Crippen LogP contribution >= 0.6 is 27.7 Å². The lowest BCUT2D eigenvalue weighted by Crippen LogP contribution is -2.27. The summed E-state index contributed by atoms with van der Waals surface area (Å²) < 4.78 is 11.0. The summed E-state index contributed by atoms with van der Waals surface area (Å²) in [7, 11) is 1.42. The fourth-order valence-electron chi connectivity index (χ4n) is 2.65. The van der Waals surface area contributed by atoms with Crippen molar-refractivity contribution in [3.05, 3.63) is 63.0 Å². The highest BCUT2D eigenvalue weighted by atomic mass is 79.9. The highest BCUT2D eigenvalue weighted by molar-refractivity contribution is 9.10. The maximum atomic E-state index is 12.7. The maximum absolute atomic E-state index is 12.7. The summed E-state index contributed by atoms with van der Waals surface area (Å²) in [4.78, 5) is 37.2. The van der Waals surface area contributed by atoms with Gasteiger partial charge in [0.25, 0.3) is 11.1 Å². The number of ether oxygens (including phenoxy) is 2. The van der Waals surface area contributed by atoms with Crippen LogP contribution in [0.15, 0.2) is 51.8 Å². The average molecular weight is 478 g/mol. The van der Waals surface area contributed by atoms with E-state index >= 15 is 0 Å². The van der Waals surface area contributed by atoms with E-state index in [0.717, 1.165) is 17.3 Å².